The first kappa shape index (κ1) is 13.1. The molecule has 3 rings (SSSR count). The minimum Gasteiger partial charge on any atom is -0.385 e. The maximum atomic E-state index is 5.17. The smallest absolute Gasteiger partial charge is 0.247 e. The first-order valence-corrected chi connectivity index (χ1v) is 6.90. The van der Waals surface area contributed by atoms with E-state index in [0.29, 0.717) is 11.4 Å². The molecule has 0 amide bonds. The zero-order valence-corrected chi connectivity index (χ0v) is 11.6. The molecule has 1 heterocycles. The number of benzene rings is 1. The van der Waals surface area contributed by atoms with Gasteiger partial charge >= 0.3 is 0 Å². The van der Waals surface area contributed by atoms with Crippen LogP contribution in [0.2, 0.25) is 0 Å². The van der Waals surface area contributed by atoms with Crippen molar-refractivity contribution in [3.63, 3.8) is 0 Å². The standard InChI is InChI=1S/C14H19N5O/c1-20-10-9-14(7-8-14)11-15-13-16-17-18-19(13)12-5-3-2-4-6-12/h2-6H,7-11H2,1H3,(H,15,16,18). The first-order chi connectivity index (χ1) is 9.83. The van der Waals surface area contributed by atoms with E-state index in [4.69, 9.17) is 4.74 Å². The van der Waals surface area contributed by atoms with Crippen LogP contribution in [-0.2, 0) is 4.74 Å². The number of ether oxygens (including phenoxy) is 1. The Hall–Kier alpha value is -1.95. The van der Waals surface area contributed by atoms with Crippen molar-refractivity contribution in [3.05, 3.63) is 30.3 Å². The van der Waals surface area contributed by atoms with Gasteiger partial charge in [0.15, 0.2) is 0 Å². The number of nitrogens with zero attached hydrogens (tertiary/aromatic N) is 4. The molecule has 1 aromatic heterocycles. The van der Waals surface area contributed by atoms with E-state index in [0.717, 1.165) is 25.3 Å². The average Bonchev–Trinajstić information content (AvgIpc) is 3.11. The van der Waals surface area contributed by atoms with Crippen molar-refractivity contribution in [2.75, 3.05) is 25.6 Å². The lowest BCUT2D eigenvalue weighted by atomic mass is 10.0. The predicted octanol–water partition coefficient (Wildman–Crippen LogP) is 1.89. The molecule has 20 heavy (non-hydrogen) atoms. The van der Waals surface area contributed by atoms with Gasteiger partial charge in [0, 0.05) is 20.3 Å². The molecule has 0 bridgehead atoms. The van der Waals surface area contributed by atoms with Crippen molar-refractivity contribution >= 4 is 5.95 Å². The molecule has 6 heteroatoms. The lowest BCUT2D eigenvalue weighted by molar-refractivity contribution is 0.174. The molecular formula is C14H19N5O. The Kier molecular flexibility index (Phi) is 3.64. The zero-order valence-electron chi connectivity index (χ0n) is 11.6. The number of tetrazole rings is 1. The van der Waals surface area contributed by atoms with Crippen molar-refractivity contribution in [1.82, 2.24) is 20.2 Å². The van der Waals surface area contributed by atoms with Crippen LogP contribution in [0.5, 0.6) is 0 Å². The first-order valence-electron chi connectivity index (χ1n) is 6.90. The SMILES string of the molecule is COCCC1(CNc2nnnn2-c2ccccc2)CC1. The van der Waals surface area contributed by atoms with Gasteiger partial charge < -0.3 is 10.1 Å². The molecule has 0 atom stereocenters. The third-order valence-corrected chi connectivity index (χ3v) is 3.89. The van der Waals surface area contributed by atoms with Crippen LogP contribution < -0.4 is 5.32 Å². The molecule has 1 N–H and O–H groups in total. The molecule has 0 radical (unpaired) electrons. The van der Waals surface area contributed by atoms with Crippen LogP contribution in [0.15, 0.2) is 30.3 Å². The summed E-state index contributed by atoms with van der Waals surface area (Å²) in [6.07, 6.45) is 3.58. The van der Waals surface area contributed by atoms with Crippen LogP contribution in [0.25, 0.3) is 5.69 Å². The van der Waals surface area contributed by atoms with Crippen molar-refractivity contribution in [2.45, 2.75) is 19.3 Å². The van der Waals surface area contributed by atoms with E-state index in [1.54, 1.807) is 11.8 Å². The summed E-state index contributed by atoms with van der Waals surface area (Å²) in [5.74, 6) is 0.694. The molecule has 0 aliphatic heterocycles. The third-order valence-electron chi connectivity index (χ3n) is 3.89. The summed E-state index contributed by atoms with van der Waals surface area (Å²) in [6, 6.07) is 9.90. The molecule has 2 aromatic rings. The van der Waals surface area contributed by atoms with Gasteiger partial charge in [0.1, 0.15) is 0 Å². The Bertz CT molecular complexity index is 550. The maximum Gasteiger partial charge on any atom is 0.247 e. The van der Waals surface area contributed by atoms with Gasteiger partial charge in [0.2, 0.25) is 5.95 Å². The quantitative estimate of drug-likeness (QED) is 0.834. The van der Waals surface area contributed by atoms with Gasteiger partial charge in [-0.2, -0.15) is 4.68 Å². The fourth-order valence-corrected chi connectivity index (χ4v) is 2.32. The monoisotopic (exact) mass is 273 g/mol. The van der Waals surface area contributed by atoms with E-state index >= 15 is 0 Å². The van der Waals surface area contributed by atoms with Gasteiger partial charge in [-0.05, 0) is 47.2 Å². The van der Waals surface area contributed by atoms with Gasteiger partial charge in [0.05, 0.1) is 5.69 Å². The van der Waals surface area contributed by atoms with E-state index in [2.05, 4.69) is 20.8 Å². The van der Waals surface area contributed by atoms with Crippen LogP contribution in [0.3, 0.4) is 0 Å². The molecule has 0 unspecified atom stereocenters. The lowest BCUT2D eigenvalue weighted by Gasteiger charge is -2.15. The second-order valence-corrected chi connectivity index (χ2v) is 5.35. The number of anilines is 1. The van der Waals surface area contributed by atoms with Gasteiger partial charge in [-0.3, -0.25) is 0 Å². The lowest BCUT2D eigenvalue weighted by Crippen LogP contribution is -2.19. The third kappa shape index (κ3) is 2.80. The molecule has 106 valence electrons. The largest absolute Gasteiger partial charge is 0.385 e. The van der Waals surface area contributed by atoms with E-state index in [9.17, 15) is 0 Å². The number of rotatable bonds is 7. The van der Waals surface area contributed by atoms with Crippen LogP contribution in [0.4, 0.5) is 5.95 Å². The van der Waals surface area contributed by atoms with Crippen molar-refractivity contribution in [1.29, 1.82) is 0 Å². The van der Waals surface area contributed by atoms with Gasteiger partial charge in [-0.25, -0.2) is 0 Å². The Morgan fingerprint density at radius 3 is 2.80 bits per heavy atom. The van der Waals surface area contributed by atoms with Gasteiger partial charge in [-0.15, -0.1) is 0 Å². The fourth-order valence-electron chi connectivity index (χ4n) is 2.32. The van der Waals surface area contributed by atoms with Crippen molar-refractivity contribution in [2.24, 2.45) is 5.41 Å². The Balaban J connectivity index is 1.66. The summed E-state index contributed by atoms with van der Waals surface area (Å²) in [5, 5.41) is 15.2. The van der Waals surface area contributed by atoms with Crippen LogP contribution in [0, 0.1) is 5.41 Å². The minimum atomic E-state index is 0.365. The average molecular weight is 273 g/mol. The number of methoxy groups -OCH3 is 1. The fraction of sp³-hybridized carbons (Fsp3) is 0.500. The van der Waals surface area contributed by atoms with Gasteiger partial charge in [0.25, 0.3) is 0 Å². The number of aromatic nitrogens is 4. The Morgan fingerprint density at radius 2 is 2.10 bits per heavy atom. The molecule has 1 aliphatic rings. The zero-order chi connectivity index (χ0) is 13.8. The molecular weight excluding hydrogens is 254 g/mol. The summed E-state index contributed by atoms with van der Waals surface area (Å²) in [7, 11) is 1.75. The van der Waals surface area contributed by atoms with Crippen LogP contribution in [-0.4, -0.2) is 40.5 Å². The van der Waals surface area contributed by atoms with Crippen molar-refractivity contribution in [3.8, 4) is 5.69 Å². The summed E-state index contributed by atoms with van der Waals surface area (Å²) in [4.78, 5) is 0. The molecule has 1 fully saturated rings. The van der Waals surface area contributed by atoms with Crippen LogP contribution in [0.1, 0.15) is 19.3 Å². The number of hydrogen-bond acceptors (Lipinski definition) is 5. The summed E-state index contributed by atoms with van der Waals surface area (Å²) >= 11 is 0. The Labute approximate surface area is 118 Å². The highest BCUT2D eigenvalue weighted by molar-refractivity contribution is 5.38. The minimum absolute atomic E-state index is 0.365. The topological polar surface area (TPSA) is 64.9 Å². The number of para-hydroxylation sites is 1. The van der Waals surface area contributed by atoms with E-state index < -0.39 is 0 Å². The molecule has 1 saturated carbocycles. The highest BCUT2D eigenvalue weighted by Gasteiger charge is 2.42. The second-order valence-electron chi connectivity index (χ2n) is 5.35. The summed E-state index contributed by atoms with van der Waals surface area (Å²) < 4.78 is 6.90. The molecule has 1 aromatic carbocycles. The molecule has 6 nitrogen and oxygen atoms in total. The van der Waals surface area contributed by atoms with Gasteiger partial charge in [-0.1, -0.05) is 23.3 Å². The van der Waals surface area contributed by atoms with E-state index in [1.165, 1.54) is 12.8 Å². The predicted molar refractivity (Wildman–Crippen MR) is 75.8 cm³/mol. The molecule has 1 aliphatic carbocycles. The second kappa shape index (κ2) is 5.58. The highest BCUT2D eigenvalue weighted by Crippen LogP contribution is 2.48. The highest BCUT2D eigenvalue weighted by atomic mass is 16.5. The summed E-state index contributed by atoms with van der Waals surface area (Å²) in [6.45, 7) is 1.70. The van der Waals surface area contributed by atoms with Crippen LogP contribution >= 0.6 is 0 Å². The summed E-state index contributed by atoms with van der Waals surface area (Å²) in [5.41, 5.74) is 1.32. The number of hydrogen-bond donors (Lipinski definition) is 1. The normalized spacial score (nSPS) is 16.1. The van der Waals surface area contributed by atoms with E-state index in [-0.39, 0.29) is 0 Å². The van der Waals surface area contributed by atoms with E-state index in [1.807, 2.05) is 30.3 Å². The Morgan fingerprint density at radius 1 is 1.30 bits per heavy atom. The number of nitrogens with one attached hydrogen (secondary N) is 1. The molecule has 0 saturated heterocycles. The maximum absolute atomic E-state index is 5.17. The molecule has 0 spiro atoms. The van der Waals surface area contributed by atoms with Crippen molar-refractivity contribution < 1.29 is 4.74 Å².